The van der Waals surface area contributed by atoms with E-state index in [0.29, 0.717) is 27.8 Å². The molecule has 0 bridgehead atoms. The van der Waals surface area contributed by atoms with E-state index in [9.17, 15) is 4.79 Å². The minimum atomic E-state index is -0.553. The predicted octanol–water partition coefficient (Wildman–Crippen LogP) is 5.59. The molecule has 4 rings (SSSR count). The molecule has 0 fully saturated rings. The lowest BCUT2D eigenvalue weighted by Gasteiger charge is -2.11. The molecule has 2 heterocycles. The van der Waals surface area contributed by atoms with Crippen LogP contribution in [0.4, 0.5) is 0 Å². The lowest BCUT2D eigenvalue weighted by atomic mass is 10.2. The van der Waals surface area contributed by atoms with E-state index in [2.05, 4.69) is 41.1 Å². The Kier molecular flexibility index (Phi) is 8.36. The number of nitriles is 1. The first-order valence-electron chi connectivity index (χ1n) is 11.6. The number of ether oxygens (including phenoxy) is 3. The van der Waals surface area contributed by atoms with Gasteiger partial charge in [-0.05, 0) is 68.4 Å². The number of aryl methyl sites for hydroxylation is 2. The Morgan fingerprint density at radius 1 is 1.11 bits per heavy atom. The fraction of sp³-hybridized carbons (Fsp3) is 0.179. The summed E-state index contributed by atoms with van der Waals surface area (Å²) in [5.41, 5.74) is 6.18. The second-order valence-electron chi connectivity index (χ2n) is 8.17. The second-order valence-corrected chi connectivity index (χ2v) is 8.61. The molecule has 1 amide bonds. The smallest absolute Gasteiger partial charge is 0.307 e. The topological polar surface area (TPSA) is 111 Å². The summed E-state index contributed by atoms with van der Waals surface area (Å²) in [6.45, 7) is 4.08. The highest BCUT2D eigenvalue weighted by Crippen LogP contribution is 2.33. The van der Waals surface area contributed by atoms with Crippen molar-refractivity contribution in [3.63, 3.8) is 0 Å². The van der Waals surface area contributed by atoms with Crippen molar-refractivity contribution in [2.75, 3.05) is 13.7 Å². The normalized spacial score (nSPS) is 10.8. The molecule has 0 radical (unpaired) electrons. The Morgan fingerprint density at radius 2 is 1.84 bits per heavy atom. The van der Waals surface area contributed by atoms with Gasteiger partial charge in [0.05, 0.1) is 13.3 Å². The highest BCUT2D eigenvalue weighted by atomic mass is 35.5. The number of aromatic nitrogens is 1. The van der Waals surface area contributed by atoms with Gasteiger partial charge in [-0.15, -0.1) is 0 Å². The van der Waals surface area contributed by atoms with Crippen LogP contribution in [-0.4, -0.2) is 30.4 Å². The molecule has 0 spiro atoms. The molecule has 1 N–H and O–H groups in total. The average molecular weight is 533 g/mol. The molecule has 9 nitrogen and oxygen atoms in total. The number of furan rings is 1. The summed E-state index contributed by atoms with van der Waals surface area (Å²) in [5, 5.41) is 13.2. The van der Waals surface area contributed by atoms with E-state index in [1.54, 1.807) is 18.2 Å². The first-order chi connectivity index (χ1) is 18.4. The molecule has 194 valence electrons. The molecule has 0 aliphatic carbocycles. The van der Waals surface area contributed by atoms with E-state index in [-0.39, 0.29) is 24.7 Å². The van der Waals surface area contributed by atoms with Crippen molar-refractivity contribution in [1.29, 1.82) is 5.26 Å². The highest BCUT2D eigenvalue weighted by Gasteiger charge is 2.14. The predicted molar refractivity (Wildman–Crippen MR) is 142 cm³/mol. The van der Waals surface area contributed by atoms with Gasteiger partial charge in [-0.1, -0.05) is 11.6 Å². The van der Waals surface area contributed by atoms with E-state index in [0.717, 1.165) is 17.1 Å². The van der Waals surface area contributed by atoms with Gasteiger partial charge in [0.15, 0.2) is 23.9 Å². The standard InChI is InChI=1S/C28H25ClN4O5/c1-18-4-5-19(2)33(18)22-6-8-23(9-7-22)37-17-24-10-11-25(38-24)28(34)32-31-16-20-14-21(29)15-26(35-3)27(20)36-13-12-30/h4-11,14-16H,13,17H2,1-3H3,(H,32,34). The lowest BCUT2D eigenvalue weighted by Crippen LogP contribution is -2.17. The number of nitrogens with one attached hydrogen (secondary N) is 1. The summed E-state index contributed by atoms with van der Waals surface area (Å²) in [4.78, 5) is 12.5. The molecule has 0 saturated carbocycles. The quantitative estimate of drug-likeness (QED) is 0.210. The Hall–Kier alpha value is -4.68. The van der Waals surface area contributed by atoms with Crippen molar-refractivity contribution < 1.29 is 23.4 Å². The third kappa shape index (κ3) is 6.17. The van der Waals surface area contributed by atoms with Gasteiger partial charge in [0, 0.05) is 33.7 Å². The van der Waals surface area contributed by atoms with Crippen molar-refractivity contribution in [3.05, 3.63) is 94.2 Å². The van der Waals surface area contributed by atoms with Crippen molar-refractivity contribution >= 4 is 23.7 Å². The second kappa shape index (κ2) is 12.0. The Bertz CT molecular complexity index is 1480. The van der Waals surface area contributed by atoms with Crippen LogP contribution in [-0.2, 0) is 6.61 Å². The number of rotatable bonds is 10. The average Bonchev–Trinajstić information content (AvgIpc) is 3.53. The minimum absolute atomic E-state index is 0.0688. The molecule has 2 aromatic heterocycles. The third-order valence-electron chi connectivity index (χ3n) is 5.55. The number of halogens is 1. The van der Waals surface area contributed by atoms with Gasteiger partial charge in [0.25, 0.3) is 0 Å². The fourth-order valence-corrected chi connectivity index (χ4v) is 4.03. The van der Waals surface area contributed by atoms with Gasteiger partial charge >= 0.3 is 5.91 Å². The van der Waals surface area contributed by atoms with Crippen molar-refractivity contribution in [2.24, 2.45) is 5.10 Å². The summed E-state index contributed by atoms with van der Waals surface area (Å²) in [5.74, 6) is 1.28. The molecular formula is C28H25ClN4O5. The molecular weight excluding hydrogens is 508 g/mol. The summed E-state index contributed by atoms with van der Waals surface area (Å²) in [6, 6.07) is 20.1. The maximum atomic E-state index is 12.5. The monoisotopic (exact) mass is 532 g/mol. The first-order valence-corrected chi connectivity index (χ1v) is 11.9. The number of hydrazone groups is 1. The molecule has 2 aromatic carbocycles. The van der Waals surface area contributed by atoms with E-state index in [1.807, 2.05) is 30.3 Å². The van der Waals surface area contributed by atoms with Gasteiger partial charge in [-0.3, -0.25) is 4.79 Å². The molecule has 10 heteroatoms. The Balaban J connectivity index is 1.35. The highest BCUT2D eigenvalue weighted by molar-refractivity contribution is 6.31. The van der Waals surface area contributed by atoms with Gasteiger partial charge in [-0.25, -0.2) is 5.43 Å². The number of nitrogens with zero attached hydrogens (tertiary/aromatic N) is 3. The third-order valence-corrected chi connectivity index (χ3v) is 5.77. The zero-order chi connectivity index (χ0) is 27.1. The summed E-state index contributed by atoms with van der Waals surface area (Å²) in [7, 11) is 1.45. The molecule has 4 aromatic rings. The minimum Gasteiger partial charge on any atom is -0.493 e. The van der Waals surface area contributed by atoms with Crippen LogP contribution in [0, 0.1) is 25.2 Å². The molecule has 0 aliphatic rings. The van der Waals surface area contributed by atoms with Crippen LogP contribution in [0.1, 0.15) is 33.3 Å². The van der Waals surface area contributed by atoms with Crippen molar-refractivity contribution in [3.8, 4) is 29.0 Å². The molecule has 0 saturated heterocycles. The van der Waals surface area contributed by atoms with Crippen LogP contribution >= 0.6 is 11.6 Å². The van der Waals surface area contributed by atoms with Crippen LogP contribution in [0.3, 0.4) is 0 Å². The van der Waals surface area contributed by atoms with Crippen LogP contribution < -0.4 is 19.6 Å². The fourth-order valence-electron chi connectivity index (χ4n) is 3.81. The van der Waals surface area contributed by atoms with Gasteiger partial charge in [-0.2, -0.15) is 10.4 Å². The van der Waals surface area contributed by atoms with Crippen LogP contribution in [0.2, 0.25) is 5.02 Å². The van der Waals surface area contributed by atoms with Crippen LogP contribution in [0.15, 0.2) is 70.2 Å². The zero-order valence-electron chi connectivity index (χ0n) is 21.0. The van der Waals surface area contributed by atoms with Gasteiger partial charge in [0.2, 0.25) is 0 Å². The summed E-state index contributed by atoms with van der Waals surface area (Å²) < 4.78 is 24.2. The number of carbonyl (C=O) groups is 1. The zero-order valence-corrected chi connectivity index (χ0v) is 21.8. The summed E-state index contributed by atoms with van der Waals surface area (Å²) in [6.07, 6.45) is 1.34. The maximum Gasteiger partial charge on any atom is 0.307 e. The van der Waals surface area contributed by atoms with E-state index >= 15 is 0 Å². The van der Waals surface area contributed by atoms with E-state index in [1.165, 1.54) is 19.4 Å². The van der Waals surface area contributed by atoms with Crippen molar-refractivity contribution in [2.45, 2.75) is 20.5 Å². The molecule has 0 unspecified atom stereocenters. The first kappa shape index (κ1) is 26.4. The van der Waals surface area contributed by atoms with Gasteiger partial charge < -0.3 is 23.2 Å². The maximum absolute atomic E-state index is 12.5. The number of methoxy groups -OCH3 is 1. The largest absolute Gasteiger partial charge is 0.493 e. The van der Waals surface area contributed by atoms with Crippen LogP contribution in [0.5, 0.6) is 17.2 Å². The van der Waals surface area contributed by atoms with Crippen LogP contribution in [0.25, 0.3) is 5.69 Å². The Labute approximate surface area is 224 Å². The van der Waals surface area contributed by atoms with Crippen molar-refractivity contribution in [1.82, 2.24) is 9.99 Å². The Morgan fingerprint density at radius 3 is 2.53 bits per heavy atom. The molecule has 0 atom stereocenters. The van der Waals surface area contributed by atoms with Gasteiger partial charge in [0.1, 0.15) is 24.2 Å². The lowest BCUT2D eigenvalue weighted by molar-refractivity contribution is 0.0923. The number of hydrogen-bond donors (Lipinski definition) is 1. The number of carbonyl (C=O) groups excluding carboxylic acids is 1. The van der Waals surface area contributed by atoms with E-state index in [4.69, 9.17) is 35.5 Å². The summed E-state index contributed by atoms with van der Waals surface area (Å²) >= 11 is 6.11. The number of amides is 1. The number of benzene rings is 2. The molecule has 0 aliphatic heterocycles. The molecule has 38 heavy (non-hydrogen) atoms. The SMILES string of the molecule is COc1cc(Cl)cc(C=NNC(=O)c2ccc(COc3ccc(-n4c(C)ccc4C)cc3)o2)c1OCC#N. The van der Waals surface area contributed by atoms with E-state index < -0.39 is 5.91 Å². The number of hydrogen-bond acceptors (Lipinski definition) is 7.